The minimum absolute atomic E-state index is 0.287. The zero-order valence-corrected chi connectivity index (χ0v) is 12.9. The van der Waals surface area contributed by atoms with Crippen LogP contribution < -0.4 is 5.32 Å². The summed E-state index contributed by atoms with van der Waals surface area (Å²) in [6.45, 7) is 4.59. The van der Waals surface area contributed by atoms with E-state index in [4.69, 9.17) is 0 Å². The molecular weight excluding hydrogens is 297 g/mol. The van der Waals surface area contributed by atoms with Crippen LogP contribution in [0.25, 0.3) is 0 Å². The van der Waals surface area contributed by atoms with Crippen LogP contribution in [-0.2, 0) is 0 Å². The molecule has 1 unspecified atom stereocenters. The number of anilines is 1. The van der Waals surface area contributed by atoms with Crippen molar-refractivity contribution >= 4 is 28.2 Å². The Hall–Kier alpha value is -1.18. The molecule has 1 heterocycles. The van der Waals surface area contributed by atoms with E-state index in [1.54, 1.807) is 13.0 Å². The molecule has 4 nitrogen and oxygen atoms in total. The third-order valence-corrected chi connectivity index (χ3v) is 4.78. The number of halogens is 1. The van der Waals surface area contributed by atoms with Gasteiger partial charge in [-0.3, -0.25) is 0 Å². The number of nitrogens with zero attached hydrogens (tertiary/aromatic N) is 2. The Morgan fingerprint density at radius 3 is 2.95 bits per heavy atom. The van der Waals surface area contributed by atoms with Gasteiger partial charge in [0.25, 0.3) is 0 Å². The van der Waals surface area contributed by atoms with Gasteiger partial charge >= 0.3 is 0 Å². The number of aliphatic hydroxyl groups excluding tert-OH is 1. The molecule has 0 radical (unpaired) electrons. The molecule has 0 saturated heterocycles. The Labute approximate surface area is 125 Å². The lowest BCUT2D eigenvalue weighted by Gasteiger charge is -2.12. The number of benzene rings is 1. The second kappa shape index (κ2) is 7.01. The Morgan fingerprint density at radius 2 is 2.25 bits per heavy atom. The largest absolute Gasteiger partial charge is 0.388 e. The van der Waals surface area contributed by atoms with Crippen molar-refractivity contribution < 1.29 is 9.50 Å². The molecule has 0 bridgehead atoms. The maximum absolute atomic E-state index is 13.0. The summed E-state index contributed by atoms with van der Waals surface area (Å²) < 4.78 is 13.8. The van der Waals surface area contributed by atoms with Crippen molar-refractivity contribution in [3.05, 3.63) is 35.1 Å². The minimum Gasteiger partial charge on any atom is -0.388 e. The predicted molar refractivity (Wildman–Crippen MR) is 80.9 cm³/mol. The molecule has 1 atom stereocenters. The van der Waals surface area contributed by atoms with Crippen LogP contribution in [0.1, 0.15) is 24.2 Å². The molecule has 2 rings (SSSR count). The Kier molecular flexibility index (Phi) is 5.33. The number of hydrogen-bond donors (Lipinski definition) is 2. The molecule has 108 valence electrons. The monoisotopic (exact) mass is 313 g/mol. The zero-order valence-electron chi connectivity index (χ0n) is 11.3. The second-order valence-electron chi connectivity index (χ2n) is 4.23. The lowest BCUT2D eigenvalue weighted by Crippen LogP contribution is -2.03. The highest BCUT2D eigenvalue weighted by molar-refractivity contribution is 8.01. The highest BCUT2D eigenvalue weighted by Gasteiger charge is 2.13. The van der Waals surface area contributed by atoms with E-state index in [1.807, 2.05) is 6.92 Å². The summed E-state index contributed by atoms with van der Waals surface area (Å²) in [4.78, 5) is 0. The summed E-state index contributed by atoms with van der Waals surface area (Å²) in [6, 6.07) is 4.42. The topological polar surface area (TPSA) is 58.0 Å². The van der Waals surface area contributed by atoms with Gasteiger partial charge < -0.3 is 10.4 Å². The van der Waals surface area contributed by atoms with E-state index in [0.29, 0.717) is 5.75 Å². The number of thioether (sulfide) groups is 1. The molecule has 0 saturated carbocycles. The smallest absolute Gasteiger partial charge is 0.206 e. The molecule has 0 aliphatic carbocycles. The van der Waals surface area contributed by atoms with Crippen LogP contribution in [0, 0.1) is 12.7 Å². The van der Waals surface area contributed by atoms with Crippen LogP contribution in [0.3, 0.4) is 0 Å². The van der Waals surface area contributed by atoms with Crippen molar-refractivity contribution in [3.8, 4) is 0 Å². The molecule has 0 aliphatic heterocycles. The first-order chi connectivity index (χ1) is 9.60. The third-order valence-electron chi connectivity index (χ3n) is 2.69. The fraction of sp³-hybridized carbons (Fsp3) is 0.385. The van der Waals surface area contributed by atoms with Gasteiger partial charge in [0.1, 0.15) is 5.82 Å². The van der Waals surface area contributed by atoms with Crippen LogP contribution >= 0.6 is 23.1 Å². The maximum Gasteiger partial charge on any atom is 0.206 e. The van der Waals surface area contributed by atoms with E-state index < -0.39 is 6.10 Å². The van der Waals surface area contributed by atoms with Crippen molar-refractivity contribution in [1.29, 1.82) is 0 Å². The van der Waals surface area contributed by atoms with Gasteiger partial charge in [-0.25, -0.2) is 4.39 Å². The number of hydrogen-bond acceptors (Lipinski definition) is 6. The first-order valence-electron chi connectivity index (χ1n) is 6.24. The van der Waals surface area contributed by atoms with E-state index in [9.17, 15) is 9.50 Å². The molecule has 0 aliphatic rings. The van der Waals surface area contributed by atoms with Gasteiger partial charge in [-0.1, -0.05) is 29.2 Å². The highest BCUT2D eigenvalue weighted by atomic mass is 32.2. The van der Waals surface area contributed by atoms with Crippen molar-refractivity contribution in [2.45, 2.75) is 24.3 Å². The van der Waals surface area contributed by atoms with Gasteiger partial charge in [-0.15, -0.1) is 10.2 Å². The van der Waals surface area contributed by atoms with Gasteiger partial charge in [0.05, 0.1) is 6.10 Å². The average molecular weight is 313 g/mol. The van der Waals surface area contributed by atoms with Crippen molar-refractivity contribution in [1.82, 2.24) is 10.2 Å². The Bertz CT molecular complexity index is 576. The van der Waals surface area contributed by atoms with E-state index >= 15 is 0 Å². The molecule has 7 heteroatoms. The number of aryl methyl sites for hydroxylation is 1. The van der Waals surface area contributed by atoms with Gasteiger partial charge in [0.15, 0.2) is 4.34 Å². The van der Waals surface area contributed by atoms with Gasteiger partial charge in [0, 0.05) is 12.3 Å². The quantitative estimate of drug-likeness (QED) is 0.802. The summed E-state index contributed by atoms with van der Waals surface area (Å²) in [5.41, 5.74) is 1.50. The summed E-state index contributed by atoms with van der Waals surface area (Å²) in [6.07, 6.45) is -0.646. The molecule has 2 aromatic rings. The van der Waals surface area contributed by atoms with E-state index in [1.165, 1.54) is 35.2 Å². The molecule has 20 heavy (non-hydrogen) atoms. The fourth-order valence-corrected chi connectivity index (χ4v) is 3.54. The molecule has 2 N–H and O–H groups in total. The molecule has 0 amide bonds. The fourth-order valence-electron chi connectivity index (χ4n) is 1.74. The van der Waals surface area contributed by atoms with Crippen LogP contribution in [0.4, 0.5) is 9.52 Å². The average Bonchev–Trinajstić information content (AvgIpc) is 2.84. The van der Waals surface area contributed by atoms with Crippen molar-refractivity contribution in [2.24, 2.45) is 0 Å². The number of aromatic nitrogens is 2. The van der Waals surface area contributed by atoms with Crippen LogP contribution in [0.2, 0.25) is 0 Å². The molecule has 0 spiro atoms. The summed E-state index contributed by atoms with van der Waals surface area (Å²) in [7, 11) is 0. The van der Waals surface area contributed by atoms with Gasteiger partial charge in [-0.2, -0.15) is 0 Å². The number of aliphatic hydroxyl groups is 1. The summed E-state index contributed by atoms with van der Waals surface area (Å²) in [5.74, 6) is 0.179. The van der Waals surface area contributed by atoms with E-state index in [0.717, 1.165) is 27.1 Å². The SMILES string of the molecule is CCNc1nnc(SCC(O)c2ccc(F)cc2C)s1. The molecule has 1 aromatic heterocycles. The van der Waals surface area contributed by atoms with E-state index in [-0.39, 0.29) is 5.82 Å². The highest BCUT2D eigenvalue weighted by Crippen LogP contribution is 2.30. The first kappa shape index (κ1) is 15.2. The van der Waals surface area contributed by atoms with Crippen molar-refractivity contribution in [3.63, 3.8) is 0 Å². The molecular formula is C13H16FN3OS2. The van der Waals surface area contributed by atoms with Gasteiger partial charge in [0.2, 0.25) is 5.13 Å². The van der Waals surface area contributed by atoms with Crippen molar-refractivity contribution in [2.75, 3.05) is 17.6 Å². The predicted octanol–water partition coefficient (Wildman–Crippen LogP) is 3.24. The number of rotatable bonds is 6. The Balaban J connectivity index is 1.95. The standard InChI is InChI=1S/C13H16FN3OS2/c1-3-15-12-16-17-13(20-12)19-7-11(18)10-5-4-9(14)6-8(10)2/h4-6,11,18H,3,7H2,1-2H3,(H,15,16). The third kappa shape index (κ3) is 3.91. The van der Waals surface area contributed by atoms with Crippen LogP contribution in [0.5, 0.6) is 0 Å². The lowest BCUT2D eigenvalue weighted by molar-refractivity contribution is 0.203. The maximum atomic E-state index is 13.0. The molecule has 1 aromatic carbocycles. The summed E-state index contributed by atoms with van der Waals surface area (Å²) in [5, 5.41) is 22.1. The van der Waals surface area contributed by atoms with Crippen LogP contribution in [-0.4, -0.2) is 27.6 Å². The van der Waals surface area contributed by atoms with E-state index in [2.05, 4.69) is 15.5 Å². The van der Waals surface area contributed by atoms with Gasteiger partial charge in [-0.05, 0) is 37.1 Å². The number of nitrogens with one attached hydrogen (secondary N) is 1. The first-order valence-corrected chi connectivity index (χ1v) is 8.04. The van der Waals surface area contributed by atoms with Crippen LogP contribution in [0.15, 0.2) is 22.5 Å². The normalized spacial score (nSPS) is 12.4. The zero-order chi connectivity index (χ0) is 14.5. The lowest BCUT2D eigenvalue weighted by atomic mass is 10.0. The Morgan fingerprint density at radius 1 is 1.45 bits per heavy atom. The second-order valence-corrected chi connectivity index (χ2v) is 6.48. The molecule has 0 fully saturated rings. The minimum atomic E-state index is -0.646. The summed E-state index contributed by atoms with van der Waals surface area (Å²) >= 11 is 2.90.